The molecule has 3 N–H and O–H groups in total. The number of rotatable bonds is 9. The quantitative estimate of drug-likeness (QED) is 0.217. The van der Waals surface area contributed by atoms with Crippen molar-refractivity contribution in [3.63, 3.8) is 0 Å². The van der Waals surface area contributed by atoms with E-state index in [-0.39, 0.29) is 41.4 Å². The van der Waals surface area contributed by atoms with Crippen molar-refractivity contribution >= 4 is 29.6 Å². The molecule has 3 rings (SSSR count). The van der Waals surface area contributed by atoms with E-state index in [1.807, 2.05) is 0 Å². The number of carbonyl (C=O) groups is 4. The van der Waals surface area contributed by atoms with Crippen LogP contribution in [0.2, 0.25) is 0 Å². The van der Waals surface area contributed by atoms with Crippen LogP contribution in [0.3, 0.4) is 0 Å². The first-order chi connectivity index (χ1) is 19.7. The van der Waals surface area contributed by atoms with Gasteiger partial charge in [-0.3, -0.25) is 9.59 Å². The molecule has 0 aliphatic heterocycles. The van der Waals surface area contributed by atoms with Crippen LogP contribution in [0.25, 0.3) is 11.3 Å². The lowest BCUT2D eigenvalue weighted by Gasteiger charge is -2.19. The third kappa shape index (κ3) is 9.11. The highest BCUT2D eigenvalue weighted by molar-refractivity contribution is 6.05. The fraction of sp³-hybridized carbons (Fsp3) is 0.310. The van der Waals surface area contributed by atoms with Crippen molar-refractivity contribution in [2.24, 2.45) is 0 Å². The van der Waals surface area contributed by atoms with Gasteiger partial charge in [-0.05, 0) is 81.8 Å². The van der Waals surface area contributed by atoms with Gasteiger partial charge < -0.3 is 29.8 Å². The summed E-state index contributed by atoms with van der Waals surface area (Å²) in [6.07, 6.45) is -4.67. The molecule has 0 spiro atoms. The fourth-order valence-electron chi connectivity index (χ4n) is 3.59. The van der Waals surface area contributed by atoms with Crippen LogP contribution < -0.4 is 16.0 Å². The maximum Gasteiger partial charge on any atom is 0.416 e. The van der Waals surface area contributed by atoms with Gasteiger partial charge in [0.15, 0.2) is 5.76 Å². The van der Waals surface area contributed by atoms with Gasteiger partial charge in [0.05, 0.1) is 18.2 Å². The highest BCUT2D eigenvalue weighted by Gasteiger charge is 2.30. The fourth-order valence-corrected chi connectivity index (χ4v) is 3.59. The number of anilines is 1. The Kier molecular flexibility index (Phi) is 9.99. The highest BCUT2D eigenvalue weighted by Crippen LogP contribution is 2.30. The zero-order valence-electron chi connectivity index (χ0n) is 23.3. The van der Waals surface area contributed by atoms with Crippen LogP contribution in [0.4, 0.5) is 23.7 Å². The van der Waals surface area contributed by atoms with E-state index >= 15 is 0 Å². The molecule has 0 bridgehead atoms. The number of benzene rings is 2. The first-order valence-corrected chi connectivity index (χ1v) is 12.7. The molecule has 10 nitrogen and oxygen atoms in total. The van der Waals surface area contributed by atoms with Crippen molar-refractivity contribution in [3.05, 3.63) is 77.0 Å². The maximum absolute atomic E-state index is 12.8. The lowest BCUT2D eigenvalue weighted by Crippen LogP contribution is -2.34. The van der Waals surface area contributed by atoms with Crippen molar-refractivity contribution in [2.75, 3.05) is 25.5 Å². The van der Waals surface area contributed by atoms with E-state index in [0.717, 1.165) is 24.3 Å². The Bertz CT molecular complexity index is 1440. The van der Waals surface area contributed by atoms with Crippen molar-refractivity contribution < 1.29 is 46.2 Å². The van der Waals surface area contributed by atoms with Gasteiger partial charge in [0.1, 0.15) is 11.4 Å². The average molecular weight is 590 g/mol. The van der Waals surface area contributed by atoms with Crippen LogP contribution in [0.15, 0.2) is 59.0 Å². The van der Waals surface area contributed by atoms with Gasteiger partial charge >= 0.3 is 18.2 Å². The molecule has 1 aromatic heterocycles. The number of nitrogens with one attached hydrogen (secondary N) is 3. The first-order valence-electron chi connectivity index (χ1n) is 12.7. The molecule has 0 aliphatic rings. The standard InChI is InChI=1S/C29H30F3N3O7/c1-28(2,3)42-27(39)34-13-5-12-33-25(37)23-11-10-22(41-23)18-14-19(26(38)40-4)16-21(15-18)35-24(36)17-6-8-20(9-7-17)29(30,31)32/h6-11,14-16H,5,12-13H2,1-4H3,(H,33,37)(H,34,39)(H,35,36). The number of esters is 1. The molecule has 0 aliphatic carbocycles. The van der Waals surface area contributed by atoms with Crippen molar-refractivity contribution in [1.82, 2.24) is 10.6 Å². The number of hydrogen-bond donors (Lipinski definition) is 3. The van der Waals surface area contributed by atoms with E-state index in [1.54, 1.807) is 20.8 Å². The molecule has 42 heavy (non-hydrogen) atoms. The summed E-state index contributed by atoms with van der Waals surface area (Å²) in [6, 6.07) is 10.8. The molecule has 0 saturated heterocycles. The second-order valence-electron chi connectivity index (χ2n) is 10.0. The molecular formula is C29H30F3N3O7. The normalized spacial score (nSPS) is 11.4. The lowest BCUT2D eigenvalue weighted by atomic mass is 10.1. The minimum atomic E-state index is -4.55. The molecule has 0 unspecified atom stereocenters. The van der Waals surface area contributed by atoms with E-state index < -0.39 is 41.2 Å². The highest BCUT2D eigenvalue weighted by atomic mass is 19.4. The maximum atomic E-state index is 12.8. The van der Waals surface area contributed by atoms with E-state index in [1.165, 1.54) is 37.4 Å². The molecule has 0 saturated carbocycles. The van der Waals surface area contributed by atoms with Gasteiger partial charge in [-0.25, -0.2) is 9.59 Å². The summed E-state index contributed by atoms with van der Waals surface area (Å²) in [4.78, 5) is 49.2. The zero-order chi connectivity index (χ0) is 31.1. The van der Waals surface area contributed by atoms with Gasteiger partial charge in [-0.1, -0.05) is 0 Å². The second kappa shape index (κ2) is 13.2. The number of furan rings is 1. The molecule has 0 fully saturated rings. The Morgan fingerprint density at radius 1 is 0.833 bits per heavy atom. The number of alkyl halides is 3. The van der Waals surface area contributed by atoms with Gasteiger partial charge in [0.2, 0.25) is 0 Å². The van der Waals surface area contributed by atoms with Crippen LogP contribution in [0.5, 0.6) is 0 Å². The van der Waals surface area contributed by atoms with E-state index in [2.05, 4.69) is 16.0 Å². The van der Waals surface area contributed by atoms with Crippen LogP contribution in [-0.2, 0) is 15.7 Å². The number of amides is 3. The van der Waals surface area contributed by atoms with Gasteiger partial charge in [0.25, 0.3) is 11.8 Å². The Morgan fingerprint density at radius 3 is 2.12 bits per heavy atom. The van der Waals surface area contributed by atoms with Crippen LogP contribution in [0, 0.1) is 0 Å². The predicted molar refractivity (Wildman–Crippen MR) is 146 cm³/mol. The van der Waals surface area contributed by atoms with Gasteiger partial charge in [-0.15, -0.1) is 0 Å². The number of methoxy groups -OCH3 is 1. The number of carbonyl (C=O) groups excluding carboxylic acids is 4. The lowest BCUT2D eigenvalue weighted by molar-refractivity contribution is -0.137. The largest absolute Gasteiger partial charge is 0.465 e. The van der Waals surface area contributed by atoms with Gasteiger partial charge in [-0.2, -0.15) is 13.2 Å². The summed E-state index contributed by atoms with van der Waals surface area (Å²) in [6.45, 7) is 5.76. The second-order valence-corrected chi connectivity index (χ2v) is 10.0. The molecule has 3 amide bonds. The molecule has 0 atom stereocenters. The Labute approximate surface area is 239 Å². The van der Waals surface area contributed by atoms with E-state index in [9.17, 15) is 32.3 Å². The summed E-state index contributed by atoms with van der Waals surface area (Å²) < 4.78 is 54.1. The first kappa shape index (κ1) is 31.7. The third-order valence-electron chi connectivity index (χ3n) is 5.51. The van der Waals surface area contributed by atoms with Gasteiger partial charge in [0, 0.05) is 29.9 Å². The molecule has 13 heteroatoms. The average Bonchev–Trinajstić information content (AvgIpc) is 3.41. The summed E-state index contributed by atoms with van der Waals surface area (Å²) in [5.41, 5.74) is -1.05. The predicted octanol–water partition coefficient (Wildman–Crippen LogP) is 5.65. The monoisotopic (exact) mass is 589 g/mol. The summed E-state index contributed by atoms with van der Waals surface area (Å²) >= 11 is 0. The van der Waals surface area contributed by atoms with E-state index in [0.29, 0.717) is 12.0 Å². The zero-order valence-corrected chi connectivity index (χ0v) is 23.3. The number of alkyl carbamates (subject to hydrolysis) is 1. The molecular weight excluding hydrogens is 559 g/mol. The molecule has 224 valence electrons. The summed E-state index contributed by atoms with van der Waals surface area (Å²) in [5, 5.41) is 7.80. The Hall–Kier alpha value is -4.81. The SMILES string of the molecule is COC(=O)c1cc(NC(=O)c2ccc(C(F)(F)F)cc2)cc(-c2ccc(C(=O)NCCCNC(=O)OC(C)(C)C)o2)c1. The van der Waals surface area contributed by atoms with Crippen LogP contribution in [0.1, 0.15) is 64.0 Å². The molecule has 3 aromatic rings. The summed E-state index contributed by atoms with van der Waals surface area (Å²) in [5.74, 6) is -1.77. The van der Waals surface area contributed by atoms with Crippen molar-refractivity contribution in [2.45, 2.75) is 39.0 Å². The number of ether oxygens (including phenoxy) is 2. The van der Waals surface area contributed by atoms with Crippen molar-refractivity contribution in [1.29, 1.82) is 0 Å². The minimum absolute atomic E-state index is 0.0242. The minimum Gasteiger partial charge on any atom is -0.465 e. The van der Waals surface area contributed by atoms with Crippen LogP contribution >= 0.6 is 0 Å². The summed E-state index contributed by atoms with van der Waals surface area (Å²) in [7, 11) is 1.17. The van der Waals surface area contributed by atoms with Crippen molar-refractivity contribution in [3.8, 4) is 11.3 Å². The molecule has 0 radical (unpaired) electrons. The van der Waals surface area contributed by atoms with Crippen LogP contribution in [-0.4, -0.2) is 49.7 Å². The topological polar surface area (TPSA) is 136 Å². The number of hydrogen-bond acceptors (Lipinski definition) is 7. The van der Waals surface area contributed by atoms with E-state index in [4.69, 9.17) is 13.9 Å². The Balaban J connectivity index is 1.68. The third-order valence-corrected chi connectivity index (χ3v) is 5.51. The molecule has 2 aromatic carbocycles. The smallest absolute Gasteiger partial charge is 0.416 e. The Morgan fingerprint density at radius 2 is 1.50 bits per heavy atom. The number of halogens is 3. The molecule has 1 heterocycles.